The molecule has 4 nitrogen and oxygen atoms in total. The van der Waals surface area contributed by atoms with Crippen LogP contribution in [0.5, 0.6) is 0 Å². The highest BCUT2D eigenvalue weighted by Crippen LogP contribution is 2.11. The first kappa shape index (κ1) is 16.9. The average Bonchev–Trinajstić information content (AvgIpc) is 2.34. The molecule has 1 aromatic carbocycles. The van der Waals surface area contributed by atoms with E-state index in [-0.39, 0.29) is 36.9 Å². The van der Waals surface area contributed by atoms with Gasteiger partial charge in [0.15, 0.2) is 5.78 Å². The summed E-state index contributed by atoms with van der Waals surface area (Å²) in [5, 5.41) is 3.20. The zero-order valence-corrected chi connectivity index (χ0v) is 11.4. The molecule has 0 aliphatic carbocycles. The van der Waals surface area contributed by atoms with Crippen LogP contribution in [0.25, 0.3) is 0 Å². The molecule has 100 valence electrons. The molecule has 0 radical (unpaired) electrons. The van der Waals surface area contributed by atoms with Gasteiger partial charge in [0.2, 0.25) is 5.91 Å². The number of carbonyl (C=O) groups is 2. The van der Waals surface area contributed by atoms with Crippen molar-refractivity contribution < 1.29 is 9.59 Å². The van der Waals surface area contributed by atoms with Gasteiger partial charge in [0.25, 0.3) is 0 Å². The Kier molecular flexibility index (Phi) is 8.37. The van der Waals surface area contributed by atoms with Gasteiger partial charge < -0.3 is 11.1 Å². The Bertz CT molecular complexity index is 394. The molecule has 1 aromatic rings. The van der Waals surface area contributed by atoms with E-state index in [1.807, 2.05) is 0 Å². The molecule has 18 heavy (non-hydrogen) atoms. The number of carbonyl (C=O) groups excluding carboxylic acids is 2. The van der Waals surface area contributed by atoms with E-state index in [1.165, 1.54) is 0 Å². The predicted octanol–water partition coefficient (Wildman–Crippen LogP) is 1.80. The molecule has 1 amide bonds. The van der Waals surface area contributed by atoms with Crippen molar-refractivity contribution in [3.05, 3.63) is 34.9 Å². The van der Waals surface area contributed by atoms with Crippen molar-refractivity contribution in [2.45, 2.75) is 12.8 Å². The molecule has 0 spiro atoms. The number of rotatable bonds is 6. The summed E-state index contributed by atoms with van der Waals surface area (Å²) in [5.74, 6) is -0.220. The fraction of sp³-hybridized carbons (Fsp3) is 0.333. The third-order valence-electron chi connectivity index (χ3n) is 2.21. The molecule has 0 saturated carbocycles. The van der Waals surface area contributed by atoms with Gasteiger partial charge in [-0.1, -0.05) is 11.6 Å². The molecule has 1 rings (SSSR count). The van der Waals surface area contributed by atoms with Gasteiger partial charge in [0.05, 0.1) is 0 Å². The number of hydrogen-bond acceptors (Lipinski definition) is 3. The number of amides is 1. The lowest BCUT2D eigenvalue weighted by atomic mass is 10.1. The van der Waals surface area contributed by atoms with E-state index in [1.54, 1.807) is 24.3 Å². The number of ketones is 1. The van der Waals surface area contributed by atoms with Crippen LogP contribution in [0.15, 0.2) is 24.3 Å². The molecule has 0 aliphatic rings. The first-order chi connectivity index (χ1) is 8.13. The Hall–Kier alpha value is -1.10. The molecular formula is C12H16Cl2N2O2. The highest BCUT2D eigenvalue weighted by molar-refractivity contribution is 6.30. The van der Waals surface area contributed by atoms with Gasteiger partial charge in [0, 0.05) is 36.5 Å². The van der Waals surface area contributed by atoms with Crippen molar-refractivity contribution in [2.75, 3.05) is 13.1 Å². The summed E-state index contributed by atoms with van der Waals surface area (Å²) >= 11 is 5.71. The second-order valence-corrected chi connectivity index (χ2v) is 4.01. The third-order valence-corrected chi connectivity index (χ3v) is 2.46. The van der Waals surface area contributed by atoms with Gasteiger partial charge in [-0.25, -0.2) is 0 Å². The first-order valence-corrected chi connectivity index (χ1v) is 5.77. The monoisotopic (exact) mass is 290 g/mol. The molecule has 0 saturated heterocycles. The van der Waals surface area contributed by atoms with E-state index >= 15 is 0 Å². The van der Waals surface area contributed by atoms with Crippen molar-refractivity contribution in [3.63, 3.8) is 0 Å². The SMILES string of the molecule is Cl.NCCNC(=O)CCC(=O)c1ccc(Cl)cc1. The standard InChI is InChI=1S/C12H15ClN2O2.ClH/c13-10-3-1-9(2-4-10)11(16)5-6-12(17)15-8-7-14;/h1-4H,5-8,14H2,(H,15,17);1H. The fourth-order valence-corrected chi connectivity index (χ4v) is 1.43. The Labute approximate surface area is 117 Å². The zero-order valence-electron chi connectivity index (χ0n) is 9.82. The zero-order chi connectivity index (χ0) is 12.7. The molecule has 0 heterocycles. The van der Waals surface area contributed by atoms with E-state index in [9.17, 15) is 9.59 Å². The number of benzene rings is 1. The Morgan fingerprint density at radius 2 is 1.78 bits per heavy atom. The molecule has 0 aromatic heterocycles. The summed E-state index contributed by atoms with van der Waals surface area (Å²) in [7, 11) is 0. The van der Waals surface area contributed by atoms with Crippen LogP contribution in [0.4, 0.5) is 0 Å². The fourth-order valence-electron chi connectivity index (χ4n) is 1.31. The lowest BCUT2D eigenvalue weighted by molar-refractivity contribution is -0.121. The van der Waals surface area contributed by atoms with E-state index in [2.05, 4.69) is 5.32 Å². The Balaban J connectivity index is 0.00000289. The summed E-state index contributed by atoms with van der Waals surface area (Å²) in [6, 6.07) is 6.62. The van der Waals surface area contributed by atoms with Crippen molar-refractivity contribution in [2.24, 2.45) is 5.73 Å². The quantitative estimate of drug-likeness (QED) is 0.785. The number of Topliss-reactive ketones (excluding diaryl/α,β-unsaturated/α-hetero) is 1. The van der Waals surface area contributed by atoms with E-state index < -0.39 is 0 Å². The van der Waals surface area contributed by atoms with Crippen LogP contribution < -0.4 is 11.1 Å². The topological polar surface area (TPSA) is 72.2 Å². The number of nitrogens with two attached hydrogens (primary N) is 1. The van der Waals surface area contributed by atoms with Crippen LogP contribution in [0, 0.1) is 0 Å². The summed E-state index contributed by atoms with van der Waals surface area (Å²) in [6.07, 6.45) is 0.375. The van der Waals surface area contributed by atoms with E-state index in [0.29, 0.717) is 23.7 Å². The number of halogens is 2. The minimum atomic E-state index is -0.155. The van der Waals surface area contributed by atoms with Crippen LogP contribution in [-0.4, -0.2) is 24.8 Å². The minimum Gasteiger partial charge on any atom is -0.355 e. The molecule has 0 aliphatic heterocycles. The molecule has 0 fully saturated rings. The Morgan fingerprint density at radius 1 is 1.17 bits per heavy atom. The van der Waals surface area contributed by atoms with Crippen molar-refractivity contribution in [1.82, 2.24) is 5.32 Å². The van der Waals surface area contributed by atoms with E-state index in [0.717, 1.165) is 0 Å². The maximum absolute atomic E-state index is 11.7. The largest absolute Gasteiger partial charge is 0.355 e. The van der Waals surface area contributed by atoms with Crippen molar-refractivity contribution >= 4 is 35.7 Å². The molecule has 0 unspecified atom stereocenters. The lowest BCUT2D eigenvalue weighted by Crippen LogP contribution is -2.29. The molecular weight excluding hydrogens is 275 g/mol. The molecule has 6 heteroatoms. The van der Waals surface area contributed by atoms with Crippen LogP contribution >= 0.6 is 24.0 Å². The van der Waals surface area contributed by atoms with Gasteiger partial charge in [-0.3, -0.25) is 9.59 Å². The number of hydrogen-bond donors (Lipinski definition) is 2. The maximum atomic E-state index is 11.7. The van der Waals surface area contributed by atoms with Gasteiger partial charge in [0.1, 0.15) is 0 Å². The highest BCUT2D eigenvalue weighted by atomic mass is 35.5. The van der Waals surface area contributed by atoms with Crippen molar-refractivity contribution in [3.8, 4) is 0 Å². The lowest BCUT2D eigenvalue weighted by Gasteiger charge is -2.03. The summed E-state index contributed by atoms with van der Waals surface area (Å²) in [5.41, 5.74) is 5.81. The van der Waals surface area contributed by atoms with Crippen molar-refractivity contribution in [1.29, 1.82) is 0 Å². The molecule has 3 N–H and O–H groups in total. The van der Waals surface area contributed by atoms with Crippen LogP contribution in [0.1, 0.15) is 23.2 Å². The summed E-state index contributed by atoms with van der Waals surface area (Å²) < 4.78 is 0. The predicted molar refractivity (Wildman–Crippen MR) is 74.3 cm³/mol. The third kappa shape index (κ3) is 6.00. The van der Waals surface area contributed by atoms with Gasteiger partial charge in [-0.2, -0.15) is 0 Å². The van der Waals surface area contributed by atoms with Crippen LogP contribution in [0.3, 0.4) is 0 Å². The first-order valence-electron chi connectivity index (χ1n) is 5.39. The molecule has 0 bridgehead atoms. The van der Waals surface area contributed by atoms with Gasteiger partial charge in [-0.05, 0) is 24.3 Å². The molecule has 0 atom stereocenters. The normalized spacial score (nSPS) is 9.44. The minimum absolute atomic E-state index is 0. The van der Waals surface area contributed by atoms with E-state index in [4.69, 9.17) is 17.3 Å². The summed E-state index contributed by atoms with van der Waals surface area (Å²) in [6.45, 7) is 0.838. The summed E-state index contributed by atoms with van der Waals surface area (Å²) in [4.78, 5) is 22.9. The smallest absolute Gasteiger partial charge is 0.220 e. The average molecular weight is 291 g/mol. The number of nitrogens with one attached hydrogen (secondary N) is 1. The second kappa shape index (κ2) is 8.91. The second-order valence-electron chi connectivity index (χ2n) is 3.57. The maximum Gasteiger partial charge on any atom is 0.220 e. The Morgan fingerprint density at radius 3 is 2.33 bits per heavy atom. The van der Waals surface area contributed by atoms with Crippen LogP contribution in [-0.2, 0) is 4.79 Å². The van der Waals surface area contributed by atoms with Gasteiger partial charge in [-0.15, -0.1) is 12.4 Å². The van der Waals surface area contributed by atoms with Gasteiger partial charge >= 0.3 is 0 Å². The highest BCUT2D eigenvalue weighted by Gasteiger charge is 2.08. The van der Waals surface area contributed by atoms with Crippen LogP contribution in [0.2, 0.25) is 5.02 Å².